The van der Waals surface area contributed by atoms with Crippen LogP contribution in [0.3, 0.4) is 0 Å². The Morgan fingerprint density at radius 3 is 2.35 bits per heavy atom. The van der Waals surface area contributed by atoms with E-state index in [0.29, 0.717) is 13.1 Å². The van der Waals surface area contributed by atoms with Crippen LogP contribution in [-0.2, 0) is 19.6 Å². The van der Waals surface area contributed by atoms with Crippen molar-refractivity contribution in [2.75, 3.05) is 49.6 Å². The van der Waals surface area contributed by atoms with Crippen molar-refractivity contribution in [1.82, 2.24) is 4.31 Å². The van der Waals surface area contributed by atoms with Crippen molar-refractivity contribution in [2.24, 2.45) is 11.3 Å². The zero-order valence-corrected chi connectivity index (χ0v) is 18.9. The first-order valence-electron chi connectivity index (χ1n) is 11.7. The lowest BCUT2D eigenvalue weighted by Gasteiger charge is -2.37. The van der Waals surface area contributed by atoms with Gasteiger partial charge in [0.15, 0.2) is 0 Å². The smallest absolute Gasteiger partial charge is 0.229 e. The number of benzene rings is 1. The molecule has 0 bridgehead atoms. The number of hydrogen-bond acceptors (Lipinski definition) is 5. The maximum absolute atomic E-state index is 13.4. The summed E-state index contributed by atoms with van der Waals surface area (Å²) in [6.07, 6.45) is 6.74. The SMILES string of the molecule is O=C(Nc1ccc(N2CCOCC2)cc1)C1CN(S(=O)(=O)C2CC2)CC12CCCCC2. The number of hydrogen-bond donors (Lipinski definition) is 1. The minimum Gasteiger partial charge on any atom is -0.378 e. The van der Waals surface area contributed by atoms with Gasteiger partial charge in [0.2, 0.25) is 15.9 Å². The highest BCUT2D eigenvalue weighted by Gasteiger charge is 2.55. The first kappa shape index (κ1) is 21.2. The number of carbonyl (C=O) groups is 1. The van der Waals surface area contributed by atoms with Gasteiger partial charge in [-0.3, -0.25) is 4.79 Å². The third kappa shape index (κ3) is 4.22. The molecule has 170 valence electrons. The summed E-state index contributed by atoms with van der Waals surface area (Å²) in [4.78, 5) is 15.7. The van der Waals surface area contributed by atoms with Gasteiger partial charge in [0.25, 0.3) is 0 Å². The molecule has 1 aromatic rings. The molecule has 0 radical (unpaired) electrons. The van der Waals surface area contributed by atoms with E-state index in [9.17, 15) is 13.2 Å². The van der Waals surface area contributed by atoms with Crippen LogP contribution in [0.25, 0.3) is 0 Å². The number of morpholine rings is 1. The maximum atomic E-state index is 13.4. The Morgan fingerprint density at radius 2 is 1.71 bits per heavy atom. The average molecular weight is 448 g/mol. The molecule has 1 spiro atoms. The van der Waals surface area contributed by atoms with E-state index in [1.54, 1.807) is 4.31 Å². The van der Waals surface area contributed by atoms with Gasteiger partial charge in [-0.05, 0) is 55.4 Å². The Balaban J connectivity index is 1.30. The molecule has 2 saturated carbocycles. The molecule has 2 heterocycles. The number of ether oxygens (including phenoxy) is 1. The van der Waals surface area contributed by atoms with E-state index < -0.39 is 10.0 Å². The zero-order valence-electron chi connectivity index (χ0n) is 18.1. The molecule has 2 aliphatic heterocycles. The minimum absolute atomic E-state index is 0.0329. The molecule has 1 unspecified atom stereocenters. The second-order valence-electron chi connectivity index (χ2n) is 9.65. The van der Waals surface area contributed by atoms with E-state index in [4.69, 9.17) is 4.74 Å². The largest absolute Gasteiger partial charge is 0.378 e. The molecule has 1 aromatic carbocycles. The highest BCUT2D eigenvalue weighted by Crippen LogP contribution is 2.50. The molecule has 4 fully saturated rings. The molecule has 31 heavy (non-hydrogen) atoms. The fourth-order valence-corrected chi connectivity index (χ4v) is 7.57. The van der Waals surface area contributed by atoms with Crippen LogP contribution in [-0.4, -0.2) is 63.3 Å². The van der Waals surface area contributed by atoms with E-state index in [-0.39, 0.29) is 22.5 Å². The molecule has 1 atom stereocenters. The van der Waals surface area contributed by atoms with Gasteiger partial charge in [-0.1, -0.05) is 19.3 Å². The van der Waals surface area contributed by atoms with Crippen LogP contribution in [0.5, 0.6) is 0 Å². The molecular weight excluding hydrogens is 414 g/mol. The number of anilines is 2. The number of amides is 1. The predicted octanol–water partition coefficient (Wildman–Crippen LogP) is 2.84. The highest BCUT2D eigenvalue weighted by molar-refractivity contribution is 7.90. The van der Waals surface area contributed by atoms with Crippen molar-refractivity contribution in [1.29, 1.82) is 0 Å². The second-order valence-corrected chi connectivity index (χ2v) is 11.9. The fourth-order valence-electron chi connectivity index (χ4n) is 5.62. The summed E-state index contributed by atoms with van der Waals surface area (Å²) in [5.41, 5.74) is 1.70. The molecule has 2 saturated heterocycles. The second kappa shape index (κ2) is 8.37. The Bertz CT molecular complexity index is 901. The van der Waals surface area contributed by atoms with E-state index in [2.05, 4.69) is 10.2 Å². The van der Waals surface area contributed by atoms with Crippen LogP contribution in [0.15, 0.2) is 24.3 Å². The molecule has 5 rings (SSSR count). The van der Waals surface area contributed by atoms with Gasteiger partial charge in [0.1, 0.15) is 0 Å². The van der Waals surface area contributed by atoms with Crippen LogP contribution in [0.2, 0.25) is 0 Å². The summed E-state index contributed by atoms with van der Waals surface area (Å²) in [6.45, 7) is 4.07. The van der Waals surface area contributed by atoms with Crippen LogP contribution < -0.4 is 10.2 Å². The van der Waals surface area contributed by atoms with Gasteiger partial charge in [-0.25, -0.2) is 12.7 Å². The predicted molar refractivity (Wildman–Crippen MR) is 121 cm³/mol. The lowest BCUT2D eigenvalue weighted by Crippen LogP contribution is -2.39. The van der Waals surface area contributed by atoms with Crippen LogP contribution in [0.4, 0.5) is 11.4 Å². The van der Waals surface area contributed by atoms with E-state index in [0.717, 1.165) is 76.2 Å². The Labute approximate surface area is 185 Å². The first-order valence-corrected chi connectivity index (χ1v) is 13.2. The molecule has 7 nitrogen and oxygen atoms in total. The average Bonchev–Trinajstić information content (AvgIpc) is 3.59. The Hall–Kier alpha value is -1.64. The molecule has 4 aliphatic rings. The zero-order chi connectivity index (χ0) is 21.5. The quantitative estimate of drug-likeness (QED) is 0.751. The van der Waals surface area contributed by atoms with Crippen LogP contribution in [0, 0.1) is 11.3 Å². The number of nitrogens with zero attached hydrogens (tertiary/aromatic N) is 2. The van der Waals surface area contributed by atoms with Gasteiger partial charge in [0, 0.05) is 37.6 Å². The highest BCUT2D eigenvalue weighted by atomic mass is 32.2. The summed E-state index contributed by atoms with van der Waals surface area (Å²) >= 11 is 0. The van der Waals surface area contributed by atoms with Gasteiger partial charge in [-0.2, -0.15) is 0 Å². The lowest BCUT2D eigenvalue weighted by molar-refractivity contribution is -0.123. The van der Waals surface area contributed by atoms with Gasteiger partial charge in [0.05, 0.1) is 24.4 Å². The number of sulfonamides is 1. The van der Waals surface area contributed by atoms with E-state index >= 15 is 0 Å². The standard InChI is InChI=1S/C23H33N3O4S/c27-22(24-18-4-6-19(7-5-18)25-12-14-30-15-13-25)21-16-26(31(28,29)20-8-9-20)17-23(21)10-2-1-3-11-23/h4-7,20-21H,1-3,8-17H2,(H,24,27). The Morgan fingerprint density at radius 1 is 1.03 bits per heavy atom. The summed E-state index contributed by atoms with van der Waals surface area (Å²) in [6, 6.07) is 7.97. The van der Waals surface area contributed by atoms with E-state index in [1.165, 1.54) is 6.42 Å². The molecule has 0 aromatic heterocycles. The molecule has 1 N–H and O–H groups in total. The van der Waals surface area contributed by atoms with Crippen LogP contribution in [0.1, 0.15) is 44.9 Å². The third-order valence-electron chi connectivity index (χ3n) is 7.60. The number of carbonyl (C=O) groups excluding carboxylic acids is 1. The molecule has 1 amide bonds. The van der Waals surface area contributed by atoms with Crippen molar-refractivity contribution >= 4 is 27.3 Å². The molecule has 2 aliphatic carbocycles. The van der Waals surface area contributed by atoms with Crippen molar-refractivity contribution in [3.05, 3.63) is 24.3 Å². The van der Waals surface area contributed by atoms with Gasteiger partial charge < -0.3 is 15.0 Å². The summed E-state index contributed by atoms with van der Waals surface area (Å²) in [7, 11) is -3.26. The summed E-state index contributed by atoms with van der Waals surface area (Å²) in [5, 5.41) is 2.88. The van der Waals surface area contributed by atoms with Crippen molar-refractivity contribution in [3.8, 4) is 0 Å². The monoisotopic (exact) mass is 447 g/mol. The summed E-state index contributed by atoms with van der Waals surface area (Å²) < 4.78 is 32.9. The first-order chi connectivity index (χ1) is 15.0. The lowest BCUT2D eigenvalue weighted by atomic mass is 9.67. The van der Waals surface area contributed by atoms with Gasteiger partial charge in [-0.15, -0.1) is 0 Å². The summed E-state index contributed by atoms with van der Waals surface area (Å²) in [5.74, 6) is -0.310. The number of rotatable bonds is 5. The maximum Gasteiger partial charge on any atom is 0.229 e. The van der Waals surface area contributed by atoms with Crippen molar-refractivity contribution in [3.63, 3.8) is 0 Å². The minimum atomic E-state index is -3.26. The topological polar surface area (TPSA) is 79.0 Å². The molecular formula is C23H33N3O4S. The third-order valence-corrected chi connectivity index (χ3v) is 9.91. The molecule has 8 heteroatoms. The normalized spacial score (nSPS) is 26.8. The van der Waals surface area contributed by atoms with Crippen LogP contribution >= 0.6 is 0 Å². The van der Waals surface area contributed by atoms with E-state index in [1.807, 2.05) is 24.3 Å². The fraction of sp³-hybridized carbons (Fsp3) is 0.696. The number of nitrogens with one attached hydrogen (secondary N) is 1. The van der Waals surface area contributed by atoms with Crippen molar-refractivity contribution < 1.29 is 17.9 Å². The van der Waals surface area contributed by atoms with Crippen molar-refractivity contribution in [2.45, 2.75) is 50.2 Å². The Kier molecular flexibility index (Phi) is 5.73. The van der Waals surface area contributed by atoms with Gasteiger partial charge >= 0.3 is 0 Å².